The number of carbonyl (C=O) groups is 2. The molecule has 1 aliphatic heterocycles. The summed E-state index contributed by atoms with van der Waals surface area (Å²) in [7, 11) is 0. The normalized spacial score (nSPS) is 26.5. The van der Waals surface area contributed by atoms with Crippen molar-refractivity contribution >= 4 is 11.6 Å². The second kappa shape index (κ2) is 2.92. The van der Waals surface area contributed by atoms with Gasteiger partial charge in [-0.05, 0) is 19.9 Å². The number of carbonyl (C=O) groups excluding carboxylic acids is 2. The summed E-state index contributed by atoms with van der Waals surface area (Å²) < 4.78 is 0. The van der Waals surface area contributed by atoms with Crippen LogP contribution in [0.15, 0.2) is 0 Å². The van der Waals surface area contributed by atoms with E-state index in [-0.39, 0.29) is 11.6 Å². The van der Waals surface area contributed by atoms with Crippen molar-refractivity contribution in [1.82, 2.24) is 5.32 Å². The standard InChI is InChI=1S/C7H11NO2/c1-5(9)7-6(10)3-2-4-8-7/h7-8H,2-4H2,1H3. The summed E-state index contributed by atoms with van der Waals surface area (Å²) in [4.78, 5) is 21.7. The quantitative estimate of drug-likeness (QED) is 0.518. The van der Waals surface area contributed by atoms with E-state index in [1.165, 1.54) is 6.92 Å². The van der Waals surface area contributed by atoms with Gasteiger partial charge in [0.25, 0.3) is 0 Å². The van der Waals surface area contributed by atoms with E-state index in [0.29, 0.717) is 6.42 Å². The van der Waals surface area contributed by atoms with E-state index >= 15 is 0 Å². The minimum Gasteiger partial charge on any atom is -0.301 e. The molecular formula is C7H11NO2. The summed E-state index contributed by atoms with van der Waals surface area (Å²) in [5, 5.41) is 2.87. The smallest absolute Gasteiger partial charge is 0.157 e. The maximum atomic E-state index is 11.0. The zero-order chi connectivity index (χ0) is 7.56. The Hall–Kier alpha value is -0.700. The minimum absolute atomic E-state index is 0.0405. The molecular weight excluding hydrogens is 130 g/mol. The van der Waals surface area contributed by atoms with Crippen molar-refractivity contribution < 1.29 is 9.59 Å². The first-order valence-corrected chi connectivity index (χ1v) is 3.48. The first-order valence-electron chi connectivity index (χ1n) is 3.48. The summed E-state index contributed by atoms with van der Waals surface area (Å²) in [5.41, 5.74) is 0. The number of hydrogen-bond acceptors (Lipinski definition) is 3. The van der Waals surface area contributed by atoms with Crippen LogP contribution in [0.2, 0.25) is 0 Å². The van der Waals surface area contributed by atoms with Crippen LogP contribution in [0.3, 0.4) is 0 Å². The van der Waals surface area contributed by atoms with Gasteiger partial charge in [-0.3, -0.25) is 9.59 Å². The lowest BCUT2D eigenvalue weighted by atomic mass is 10.0. The number of nitrogens with one attached hydrogen (secondary N) is 1. The zero-order valence-corrected chi connectivity index (χ0v) is 6.02. The molecule has 0 amide bonds. The molecule has 0 saturated carbocycles. The molecule has 1 N–H and O–H groups in total. The van der Waals surface area contributed by atoms with E-state index in [0.717, 1.165) is 13.0 Å². The van der Waals surface area contributed by atoms with Crippen molar-refractivity contribution in [2.75, 3.05) is 6.54 Å². The highest BCUT2D eigenvalue weighted by Gasteiger charge is 2.24. The van der Waals surface area contributed by atoms with Crippen LogP contribution in [0.25, 0.3) is 0 Å². The Balaban J connectivity index is 2.56. The van der Waals surface area contributed by atoms with Gasteiger partial charge in [0.2, 0.25) is 0 Å². The molecule has 0 spiro atoms. The molecule has 1 aliphatic rings. The summed E-state index contributed by atoms with van der Waals surface area (Å²) in [6.07, 6.45) is 1.42. The average molecular weight is 141 g/mol. The van der Waals surface area contributed by atoms with Gasteiger partial charge in [-0.1, -0.05) is 0 Å². The maximum Gasteiger partial charge on any atom is 0.157 e. The molecule has 1 saturated heterocycles. The van der Waals surface area contributed by atoms with Crippen LogP contribution in [-0.4, -0.2) is 24.2 Å². The highest BCUT2D eigenvalue weighted by atomic mass is 16.2. The van der Waals surface area contributed by atoms with E-state index in [2.05, 4.69) is 5.32 Å². The number of Topliss-reactive ketones (excluding diaryl/α,β-unsaturated/α-hetero) is 2. The molecule has 3 nitrogen and oxygen atoms in total. The van der Waals surface area contributed by atoms with Gasteiger partial charge < -0.3 is 5.32 Å². The fourth-order valence-electron chi connectivity index (χ4n) is 1.14. The van der Waals surface area contributed by atoms with Crippen LogP contribution >= 0.6 is 0 Å². The average Bonchev–Trinajstić information content (AvgIpc) is 1.88. The van der Waals surface area contributed by atoms with E-state index in [9.17, 15) is 9.59 Å². The van der Waals surface area contributed by atoms with Gasteiger partial charge in [0.15, 0.2) is 11.6 Å². The molecule has 10 heavy (non-hydrogen) atoms. The first-order chi connectivity index (χ1) is 4.72. The lowest BCUT2D eigenvalue weighted by Gasteiger charge is -2.18. The summed E-state index contributed by atoms with van der Waals surface area (Å²) in [6, 6.07) is -0.506. The highest BCUT2D eigenvalue weighted by Crippen LogP contribution is 2.02. The summed E-state index contributed by atoms with van der Waals surface area (Å²) >= 11 is 0. The summed E-state index contributed by atoms with van der Waals surface area (Å²) in [6.45, 7) is 2.23. The van der Waals surface area contributed by atoms with Crippen LogP contribution in [0.4, 0.5) is 0 Å². The second-order valence-electron chi connectivity index (χ2n) is 2.57. The molecule has 0 aromatic carbocycles. The molecule has 0 aromatic heterocycles. The Labute approximate surface area is 59.8 Å². The van der Waals surface area contributed by atoms with Crippen molar-refractivity contribution in [2.45, 2.75) is 25.8 Å². The molecule has 1 unspecified atom stereocenters. The number of rotatable bonds is 1. The molecule has 56 valence electrons. The van der Waals surface area contributed by atoms with Crippen molar-refractivity contribution in [1.29, 1.82) is 0 Å². The van der Waals surface area contributed by atoms with E-state index < -0.39 is 6.04 Å². The molecule has 0 radical (unpaired) electrons. The first kappa shape index (κ1) is 7.41. The van der Waals surface area contributed by atoms with E-state index in [1.54, 1.807) is 0 Å². The van der Waals surface area contributed by atoms with Gasteiger partial charge >= 0.3 is 0 Å². The van der Waals surface area contributed by atoms with Crippen LogP contribution < -0.4 is 5.32 Å². The third-order valence-electron chi connectivity index (χ3n) is 1.68. The van der Waals surface area contributed by atoms with Gasteiger partial charge in [-0.2, -0.15) is 0 Å². The zero-order valence-electron chi connectivity index (χ0n) is 6.02. The third-order valence-corrected chi connectivity index (χ3v) is 1.68. The Kier molecular flexibility index (Phi) is 2.17. The van der Waals surface area contributed by atoms with E-state index in [1.807, 2.05) is 0 Å². The Morgan fingerprint density at radius 3 is 2.80 bits per heavy atom. The SMILES string of the molecule is CC(=O)C1NCCCC1=O. The largest absolute Gasteiger partial charge is 0.301 e. The third kappa shape index (κ3) is 1.42. The van der Waals surface area contributed by atoms with Gasteiger partial charge in [0, 0.05) is 6.42 Å². The predicted molar refractivity (Wildman–Crippen MR) is 36.7 cm³/mol. The lowest BCUT2D eigenvalue weighted by molar-refractivity contribution is -0.130. The predicted octanol–water partition coefficient (Wildman–Crippen LogP) is -0.104. The topological polar surface area (TPSA) is 46.2 Å². The van der Waals surface area contributed by atoms with Crippen LogP contribution in [-0.2, 0) is 9.59 Å². The molecule has 3 heteroatoms. The van der Waals surface area contributed by atoms with Crippen molar-refractivity contribution in [2.24, 2.45) is 0 Å². The van der Waals surface area contributed by atoms with E-state index in [4.69, 9.17) is 0 Å². The number of piperidine rings is 1. The highest BCUT2D eigenvalue weighted by molar-refractivity contribution is 6.05. The molecule has 1 heterocycles. The maximum absolute atomic E-state index is 11.0. The van der Waals surface area contributed by atoms with Gasteiger partial charge in [-0.25, -0.2) is 0 Å². The second-order valence-corrected chi connectivity index (χ2v) is 2.57. The Bertz CT molecular complexity index is 165. The molecule has 0 aromatic rings. The number of hydrogen-bond donors (Lipinski definition) is 1. The monoisotopic (exact) mass is 141 g/mol. The fourth-order valence-corrected chi connectivity index (χ4v) is 1.14. The molecule has 1 rings (SSSR count). The molecule has 0 aliphatic carbocycles. The van der Waals surface area contributed by atoms with Gasteiger partial charge in [0.1, 0.15) is 6.04 Å². The Morgan fingerprint density at radius 1 is 1.70 bits per heavy atom. The Morgan fingerprint density at radius 2 is 2.40 bits per heavy atom. The van der Waals surface area contributed by atoms with Crippen LogP contribution in [0.5, 0.6) is 0 Å². The van der Waals surface area contributed by atoms with Crippen LogP contribution in [0, 0.1) is 0 Å². The van der Waals surface area contributed by atoms with Crippen molar-refractivity contribution in [3.63, 3.8) is 0 Å². The summed E-state index contributed by atoms with van der Waals surface area (Å²) in [5.74, 6) is -0.0246. The van der Waals surface area contributed by atoms with Crippen molar-refractivity contribution in [3.8, 4) is 0 Å². The lowest BCUT2D eigenvalue weighted by Crippen LogP contribution is -2.46. The minimum atomic E-state index is -0.506. The molecule has 1 atom stereocenters. The van der Waals surface area contributed by atoms with Crippen molar-refractivity contribution in [3.05, 3.63) is 0 Å². The molecule has 1 fully saturated rings. The van der Waals surface area contributed by atoms with Crippen LogP contribution in [0.1, 0.15) is 19.8 Å². The van der Waals surface area contributed by atoms with Gasteiger partial charge in [-0.15, -0.1) is 0 Å². The molecule has 0 bridgehead atoms. The fraction of sp³-hybridized carbons (Fsp3) is 0.714. The number of ketones is 2. The van der Waals surface area contributed by atoms with Gasteiger partial charge in [0.05, 0.1) is 0 Å².